The Kier molecular flexibility index (Phi) is 2.46. The largest absolute Gasteiger partial charge is 0.330 e. The zero-order valence-electron chi connectivity index (χ0n) is 6.42. The van der Waals surface area contributed by atoms with Crippen LogP contribution in [0.3, 0.4) is 0 Å². The van der Waals surface area contributed by atoms with Crippen LogP contribution in [-0.4, -0.2) is 6.54 Å². The van der Waals surface area contributed by atoms with Crippen molar-refractivity contribution in [3.8, 4) is 0 Å². The summed E-state index contributed by atoms with van der Waals surface area (Å²) in [4.78, 5) is 1.40. The minimum atomic E-state index is 0.527. The molecule has 56 valence electrons. The van der Waals surface area contributed by atoms with Crippen molar-refractivity contribution in [2.45, 2.75) is 19.8 Å². The van der Waals surface area contributed by atoms with E-state index < -0.39 is 0 Å². The van der Waals surface area contributed by atoms with Crippen LogP contribution in [0, 0.1) is 6.92 Å². The van der Waals surface area contributed by atoms with Gasteiger partial charge in [-0.3, -0.25) is 0 Å². The Morgan fingerprint density at radius 2 is 2.40 bits per heavy atom. The molecule has 0 fully saturated rings. The first kappa shape index (κ1) is 7.76. The Morgan fingerprint density at radius 3 is 2.80 bits per heavy atom. The van der Waals surface area contributed by atoms with E-state index in [-0.39, 0.29) is 0 Å². The molecule has 2 N–H and O–H groups in total. The number of thiophene rings is 1. The highest BCUT2D eigenvalue weighted by Gasteiger charge is 2.03. The minimum Gasteiger partial charge on any atom is -0.330 e. The quantitative estimate of drug-likeness (QED) is 0.695. The number of rotatable bonds is 2. The molecule has 0 radical (unpaired) electrons. The van der Waals surface area contributed by atoms with Crippen molar-refractivity contribution < 1.29 is 0 Å². The average Bonchev–Trinajstić information content (AvgIpc) is 2.34. The lowest BCUT2D eigenvalue weighted by Crippen LogP contribution is -2.06. The molecule has 0 aliphatic rings. The van der Waals surface area contributed by atoms with Gasteiger partial charge in [-0.15, -0.1) is 11.3 Å². The van der Waals surface area contributed by atoms with E-state index in [4.69, 9.17) is 5.73 Å². The first-order chi connectivity index (χ1) is 4.74. The molecule has 0 spiro atoms. The van der Waals surface area contributed by atoms with Crippen LogP contribution in [0.15, 0.2) is 11.4 Å². The molecule has 1 nitrogen and oxygen atoms in total. The molecule has 2 heteroatoms. The van der Waals surface area contributed by atoms with Gasteiger partial charge in [0, 0.05) is 10.8 Å². The molecule has 0 aliphatic carbocycles. The predicted molar refractivity (Wildman–Crippen MR) is 46.5 cm³/mol. The van der Waals surface area contributed by atoms with Crippen LogP contribution >= 0.6 is 11.3 Å². The number of hydrogen-bond donors (Lipinski definition) is 1. The van der Waals surface area contributed by atoms with Gasteiger partial charge in [0.1, 0.15) is 0 Å². The summed E-state index contributed by atoms with van der Waals surface area (Å²) >= 11 is 1.80. The van der Waals surface area contributed by atoms with Gasteiger partial charge in [0.25, 0.3) is 0 Å². The van der Waals surface area contributed by atoms with Gasteiger partial charge < -0.3 is 5.73 Å². The van der Waals surface area contributed by atoms with Crippen LogP contribution in [0.25, 0.3) is 0 Å². The lowest BCUT2D eigenvalue weighted by Gasteiger charge is -2.02. The van der Waals surface area contributed by atoms with Gasteiger partial charge in [0.15, 0.2) is 0 Å². The highest BCUT2D eigenvalue weighted by atomic mass is 32.1. The molecule has 0 saturated carbocycles. The topological polar surface area (TPSA) is 26.0 Å². The lowest BCUT2D eigenvalue weighted by molar-refractivity contribution is 0.789. The van der Waals surface area contributed by atoms with Gasteiger partial charge in [-0.2, -0.15) is 0 Å². The summed E-state index contributed by atoms with van der Waals surface area (Å²) in [5, 5.41) is 2.17. The maximum atomic E-state index is 5.52. The molecule has 0 aliphatic heterocycles. The van der Waals surface area contributed by atoms with Crippen LogP contribution in [0.4, 0.5) is 0 Å². The summed E-state index contributed by atoms with van der Waals surface area (Å²) in [5.74, 6) is 0.527. The Balaban J connectivity index is 2.74. The molecule has 10 heavy (non-hydrogen) atoms. The van der Waals surface area contributed by atoms with Crippen LogP contribution in [0.1, 0.15) is 23.3 Å². The summed E-state index contributed by atoms with van der Waals surface area (Å²) < 4.78 is 0. The van der Waals surface area contributed by atoms with Gasteiger partial charge >= 0.3 is 0 Å². The van der Waals surface area contributed by atoms with Crippen molar-refractivity contribution in [3.63, 3.8) is 0 Å². The van der Waals surface area contributed by atoms with Gasteiger partial charge in [0.2, 0.25) is 0 Å². The maximum Gasteiger partial charge on any atom is 0.00887 e. The summed E-state index contributed by atoms with van der Waals surface area (Å²) in [6, 6.07) is 2.21. The second kappa shape index (κ2) is 3.17. The normalized spacial score (nSPS) is 13.5. The second-order valence-corrected chi connectivity index (χ2v) is 3.61. The number of hydrogen-bond acceptors (Lipinski definition) is 2. The molecule has 0 bridgehead atoms. The monoisotopic (exact) mass is 155 g/mol. The van der Waals surface area contributed by atoms with Crippen molar-refractivity contribution in [2.24, 2.45) is 5.73 Å². The molecule has 1 heterocycles. The second-order valence-electron chi connectivity index (χ2n) is 2.66. The van der Waals surface area contributed by atoms with Crippen LogP contribution in [0.2, 0.25) is 0 Å². The Bertz CT molecular complexity index is 205. The third-order valence-electron chi connectivity index (χ3n) is 1.59. The lowest BCUT2D eigenvalue weighted by atomic mass is 10.1. The van der Waals surface area contributed by atoms with Crippen molar-refractivity contribution in [1.82, 2.24) is 0 Å². The molecule has 0 aromatic carbocycles. The van der Waals surface area contributed by atoms with Crippen molar-refractivity contribution in [3.05, 3.63) is 21.9 Å². The van der Waals surface area contributed by atoms with E-state index >= 15 is 0 Å². The molecule has 0 saturated heterocycles. The highest BCUT2D eigenvalue weighted by molar-refractivity contribution is 7.10. The standard InChI is InChI=1S/C8H13NS/c1-6-3-8(10-5-6)7(2)4-9/h3,5,7H,4,9H2,1-2H3. The van der Waals surface area contributed by atoms with E-state index in [1.54, 1.807) is 11.3 Å². The third-order valence-corrected chi connectivity index (χ3v) is 2.87. The van der Waals surface area contributed by atoms with Crippen molar-refractivity contribution in [2.75, 3.05) is 6.54 Å². The molecular formula is C8H13NS. The van der Waals surface area contributed by atoms with E-state index in [9.17, 15) is 0 Å². The fourth-order valence-corrected chi connectivity index (χ4v) is 1.80. The summed E-state index contributed by atoms with van der Waals surface area (Å²) in [7, 11) is 0. The molecule has 1 aromatic rings. The maximum absolute atomic E-state index is 5.52. The molecule has 1 unspecified atom stereocenters. The Hall–Kier alpha value is -0.340. The molecule has 0 amide bonds. The average molecular weight is 155 g/mol. The first-order valence-electron chi connectivity index (χ1n) is 3.49. The summed E-state index contributed by atoms with van der Waals surface area (Å²) in [6.07, 6.45) is 0. The van der Waals surface area contributed by atoms with E-state index in [1.165, 1.54) is 10.4 Å². The Labute approximate surface area is 65.9 Å². The smallest absolute Gasteiger partial charge is 0.00887 e. The minimum absolute atomic E-state index is 0.527. The van der Waals surface area contributed by atoms with Crippen molar-refractivity contribution in [1.29, 1.82) is 0 Å². The molecular weight excluding hydrogens is 142 g/mol. The number of aryl methyl sites for hydroxylation is 1. The van der Waals surface area contributed by atoms with Gasteiger partial charge in [-0.25, -0.2) is 0 Å². The van der Waals surface area contributed by atoms with Gasteiger partial charge in [-0.05, 0) is 30.5 Å². The fourth-order valence-electron chi connectivity index (χ4n) is 0.828. The van der Waals surface area contributed by atoms with Gasteiger partial charge in [-0.1, -0.05) is 6.92 Å². The van der Waals surface area contributed by atoms with E-state index in [0.29, 0.717) is 5.92 Å². The predicted octanol–water partition coefficient (Wildman–Crippen LogP) is 2.12. The summed E-state index contributed by atoms with van der Waals surface area (Å²) in [5.41, 5.74) is 6.87. The van der Waals surface area contributed by atoms with Crippen LogP contribution in [0.5, 0.6) is 0 Å². The van der Waals surface area contributed by atoms with Crippen LogP contribution < -0.4 is 5.73 Å². The molecule has 1 aromatic heterocycles. The van der Waals surface area contributed by atoms with E-state index in [1.807, 2.05) is 0 Å². The third kappa shape index (κ3) is 1.58. The highest BCUT2D eigenvalue weighted by Crippen LogP contribution is 2.21. The number of nitrogens with two attached hydrogens (primary N) is 1. The van der Waals surface area contributed by atoms with E-state index in [2.05, 4.69) is 25.3 Å². The SMILES string of the molecule is Cc1csc(C(C)CN)c1. The zero-order chi connectivity index (χ0) is 7.56. The Morgan fingerprint density at radius 1 is 1.70 bits per heavy atom. The summed E-state index contributed by atoms with van der Waals surface area (Å²) in [6.45, 7) is 5.02. The molecule has 1 atom stereocenters. The van der Waals surface area contributed by atoms with E-state index in [0.717, 1.165) is 6.54 Å². The first-order valence-corrected chi connectivity index (χ1v) is 4.37. The van der Waals surface area contributed by atoms with Crippen LogP contribution in [-0.2, 0) is 0 Å². The zero-order valence-corrected chi connectivity index (χ0v) is 7.24. The fraction of sp³-hybridized carbons (Fsp3) is 0.500. The van der Waals surface area contributed by atoms with Crippen molar-refractivity contribution >= 4 is 11.3 Å². The molecule has 1 rings (SSSR count). The van der Waals surface area contributed by atoms with Gasteiger partial charge in [0.05, 0.1) is 0 Å².